The fraction of sp³-hybridized carbons (Fsp3) is 0.500. The highest BCUT2D eigenvalue weighted by Gasteiger charge is 2.30. The molecule has 0 atom stereocenters. The Morgan fingerprint density at radius 2 is 1.89 bits per heavy atom. The molecular weight excluding hydrogens is 287 g/mol. The number of hydrogen-bond donors (Lipinski definition) is 1. The summed E-state index contributed by atoms with van der Waals surface area (Å²) in [5, 5.41) is 0. The van der Waals surface area contributed by atoms with Crippen LogP contribution < -0.4 is 5.73 Å². The maximum Gasteiger partial charge on any atom is 0.243 e. The lowest BCUT2D eigenvalue weighted by atomic mass is 10.1. The van der Waals surface area contributed by atoms with Gasteiger partial charge in [-0.15, -0.1) is 0 Å². The van der Waals surface area contributed by atoms with Crippen LogP contribution in [0.1, 0.15) is 11.1 Å². The first-order valence-electron chi connectivity index (χ1n) is 5.98. The van der Waals surface area contributed by atoms with Gasteiger partial charge in [0.2, 0.25) is 10.0 Å². The second kappa shape index (κ2) is 5.30. The van der Waals surface area contributed by atoms with Crippen molar-refractivity contribution in [2.45, 2.75) is 18.7 Å². The van der Waals surface area contributed by atoms with E-state index in [1.807, 2.05) is 0 Å². The van der Waals surface area contributed by atoms with E-state index in [0.717, 1.165) is 11.5 Å². The first-order valence-corrected chi connectivity index (χ1v) is 8.58. The molecule has 0 saturated carbocycles. The van der Waals surface area contributed by atoms with Crippen molar-refractivity contribution in [3.63, 3.8) is 0 Å². The predicted molar refractivity (Wildman–Crippen MR) is 76.4 cm³/mol. The van der Waals surface area contributed by atoms with E-state index in [9.17, 15) is 12.8 Å². The van der Waals surface area contributed by atoms with Crippen LogP contribution >= 0.6 is 11.8 Å². The van der Waals surface area contributed by atoms with Gasteiger partial charge >= 0.3 is 0 Å². The van der Waals surface area contributed by atoms with Crippen LogP contribution in [0.2, 0.25) is 0 Å². The summed E-state index contributed by atoms with van der Waals surface area (Å²) < 4.78 is 40.2. The second-order valence-electron chi connectivity index (χ2n) is 4.56. The molecule has 2 N–H and O–H groups in total. The lowest BCUT2D eigenvalue weighted by molar-refractivity contribution is 0.442. The fourth-order valence-electron chi connectivity index (χ4n) is 2.24. The SMILES string of the molecule is Cc1cc(F)c(N)c(C)c1S(=O)(=O)N1CCSCC1. The van der Waals surface area contributed by atoms with Crippen LogP contribution in [0.25, 0.3) is 0 Å². The van der Waals surface area contributed by atoms with E-state index in [1.165, 1.54) is 10.4 Å². The number of rotatable bonds is 2. The van der Waals surface area contributed by atoms with E-state index >= 15 is 0 Å². The van der Waals surface area contributed by atoms with E-state index < -0.39 is 15.8 Å². The molecule has 2 rings (SSSR count). The number of sulfonamides is 1. The minimum Gasteiger partial charge on any atom is -0.396 e. The van der Waals surface area contributed by atoms with Crippen molar-refractivity contribution in [2.24, 2.45) is 0 Å². The molecule has 0 bridgehead atoms. The van der Waals surface area contributed by atoms with E-state index in [4.69, 9.17) is 5.73 Å². The van der Waals surface area contributed by atoms with Gasteiger partial charge in [0.1, 0.15) is 5.82 Å². The van der Waals surface area contributed by atoms with E-state index in [1.54, 1.807) is 25.6 Å². The van der Waals surface area contributed by atoms with Crippen molar-refractivity contribution in [3.05, 3.63) is 23.0 Å². The van der Waals surface area contributed by atoms with Crippen LogP contribution in [-0.4, -0.2) is 37.3 Å². The maximum absolute atomic E-state index is 13.5. The maximum atomic E-state index is 13.5. The molecule has 0 spiro atoms. The number of nitrogen functional groups attached to an aromatic ring is 1. The summed E-state index contributed by atoms with van der Waals surface area (Å²) in [5.41, 5.74) is 6.23. The third kappa shape index (κ3) is 2.59. The van der Waals surface area contributed by atoms with Crippen molar-refractivity contribution < 1.29 is 12.8 Å². The highest BCUT2D eigenvalue weighted by Crippen LogP contribution is 2.30. The summed E-state index contributed by atoms with van der Waals surface area (Å²) in [7, 11) is -3.59. The molecule has 0 amide bonds. The Balaban J connectivity index is 2.54. The van der Waals surface area contributed by atoms with Gasteiger partial charge in [-0.25, -0.2) is 12.8 Å². The topological polar surface area (TPSA) is 63.4 Å². The van der Waals surface area contributed by atoms with Crippen molar-refractivity contribution in [3.8, 4) is 0 Å². The van der Waals surface area contributed by atoms with Crippen LogP contribution in [0.3, 0.4) is 0 Å². The molecule has 4 nitrogen and oxygen atoms in total. The standard InChI is InChI=1S/C12H17FN2O2S2/c1-8-7-10(13)11(14)9(2)12(8)19(16,17)15-3-5-18-6-4-15/h7H,3-6,14H2,1-2H3. The monoisotopic (exact) mass is 304 g/mol. The van der Waals surface area contributed by atoms with Crippen molar-refractivity contribution in [1.82, 2.24) is 4.31 Å². The van der Waals surface area contributed by atoms with Gasteiger partial charge in [-0.05, 0) is 31.0 Å². The Hall–Kier alpha value is -0.790. The summed E-state index contributed by atoms with van der Waals surface area (Å²) in [5.74, 6) is 1.00. The van der Waals surface area contributed by atoms with E-state index in [0.29, 0.717) is 24.2 Å². The Morgan fingerprint density at radius 3 is 2.47 bits per heavy atom. The number of hydrogen-bond acceptors (Lipinski definition) is 4. The van der Waals surface area contributed by atoms with Gasteiger partial charge in [0.25, 0.3) is 0 Å². The smallest absolute Gasteiger partial charge is 0.243 e. The number of thioether (sulfide) groups is 1. The molecular formula is C12H17FN2O2S2. The number of nitrogens with zero attached hydrogens (tertiary/aromatic N) is 1. The van der Waals surface area contributed by atoms with Gasteiger partial charge < -0.3 is 5.73 Å². The normalized spacial score (nSPS) is 17.6. The third-order valence-corrected chi connectivity index (χ3v) is 6.40. The van der Waals surface area contributed by atoms with Gasteiger partial charge in [0.05, 0.1) is 10.6 Å². The molecule has 1 saturated heterocycles. The van der Waals surface area contributed by atoms with E-state index in [2.05, 4.69) is 0 Å². The number of aryl methyl sites for hydroxylation is 1. The molecule has 0 radical (unpaired) electrons. The molecule has 0 unspecified atom stereocenters. The Morgan fingerprint density at radius 1 is 1.32 bits per heavy atom. The lowest BCUT2D eigenvalue weighted by Gasteiger charge is -2.27. The molecule has 0 aliphatic carbocycles. The molecule has 1 aliphatic rings. The Kier molecular flexibility index (Phi) is 4.08. The molecule has 7 heteroatoms. The molecule has 1 aromatic rings. The molecule has 1 fully saturated rings. The highest BCUT2D eigenvalue weighted by molar-refractivity contribution is 7.99. The number of benzene rings is 1. The fourth-order valence-corrected chi connectivity index (χ4v) is 5.26. The quantitative estimate of drug-likeness (QED) is 0.846. The Bertz CT molecular complexity index is 596. The molecule has 106 valence electrons. The molecule has 1 aliphatic heterocycles. The molecule has 0 aromatic heterocycles. The van der Waals surface area contributed by atoms with Gasteiger partial charge in [-0.1, -0.05) is 0 Å². The van der Waals surface area contributed by atoms with Gasteiger partial charge in [-0.3, -0.25) is 0 Å². The largest absolute Gasteiger partial charge is 0.396 e. The van der Waals surface area contributed by atoms with Crippen molar-refractivity contribution in [1.29, 1.82) is 0 Å². The lowest BCUT2D eigenvalue weighted by Crippen LogP contribution is -2.38. The van der Waals surface area contributed by atoms with Gasteiger partial charge in [0, 0.05) is 24.6 Å². The zero-order valence-corrected chi connectivity index (χ0v) is 12.6. The first kappa shape index (κ1) is 14.6. The predicted octanol–water partition coefficient (Wildman–Crippen LogP) is 1.76. The van der Waals surface area contributed by atoms with Gasteiger partial charge in [-0.2, -0.15) is 16.1 Å². The molecule has 1 heterocycles. The number of anilines is 1. The summed E-state index contributed by atoms with van der Waals surface area (Å²) in [6, 6.07) is 1.19. The van der Waals surface area contributed by atoms with Crippen LogP contribution in [0, 0.1) is 19.7 Å². The van der Waals surface area contributed by atoms with Crippen LogP contribution in [0.4, 0.5) is 10.1 Å². The average molecular weight is 304 g/mol. The third-order valence-electron chi connectivity index (χ3n) is 3.27. The first-order chi connectivity index (χ1) is 8.85. The summed E-state index contributed by atoms with van der Waals surface area (Å²) in [6.07, 6.45) is 0. The van der Waals surface area contributed by atoms with Gasteiger partial charge in [0.15, 0.2) is 0 Å². The zero-order valence-electron chi connectivity index (χ0n) is 10.9. The molecule has 1 aromatic carbocycles. The van der Waals surface area contributed by atoms with Crippen LogP contribution in [0.5, 0.6) is 0 Å². The minimum absolute atomic E-state index is 0.0874. The summed E-state index contributed by atoms with van der Waals surface area (Å²) >= 11 is 1.73. The van der Waals surface area contributed by atoms with Crippen LogP contribution in [0.15, 0.2) is 11.0 Å². The number of halogens is 1. The highest BCUT2D eigenvalue weighted by atomic mass is 32.2. The molecule has 19 heavy (non-hydrogen) atoms. The Labute approximate surface area is 117 Å². The number of nitrogens with two attached hydrogens (primary N) is 1. The van der Waals surface area contributed by atoms with Crippen LogP contribution in [-0.2, 0) is 10.0 Å². The second-order valence-corrected chi connectivity index (χ2v) is 7.66. The van der Waals surface area contributed by atoms with Crippen molar-refractivity contribution >= 4 is 27.5 Å². The minimum atomic E-state index is -3.59. The zero-order chi connectivity index (χ0) is 14.2. The van der Waals surface area contributed by atoms with E-state index in [-0.39, 0.29) is 10.6 Å². The summed E-state index contributed by atoms with van der Waals surface area (Å²) in [4.78, 5) is 0.151. The average Bonchev–Trinajstić information content (AvgIpc) is 2.37. The summed E-state index contributed by atoms with van der Waals surface area (Å²) in [6.45, 7) is 4.13. The van der Waals surface area contributed by atoms with Crippen molar-refractivity contribution in [2.75, 3.05) is 30.3 Å².